The minimum absolute atomic E-state index is 0.0415. The standard InChI is InChI=1S/C14H22N2O4S2/c1-4-14(2,3)10-5-7-11(8-6-10)22(19,20)16-12(9-21)13(17)15-18/h5-8,12,16,18,21H,4,9H2,1-3H3,(H,15,17)/t12-/m0/s1. The average Bonchev–Trinajstić information content (AvgIpc) is 2.52. The lowest BCUT2D eigenvalue weighted by molar-refractivity contribution is -0.130. The van der Waals surface area contributed by atoms with E-state index in [4.69, 9.17) is 5.21 Å². The summed E-state index contributed by atoms with van der Waals surface area (Å²) in [5.74, 6) is -0.936. The largest absolute Gasteiger partial charge is 0.289 e. The smallest absolute Gasteiger partial charge is 0.262 e. The van der Waals surface area contributed by atoms with E-state index in [2.05, 4.69) is 38.1 Å². The number of hydrogen-bond acceptors (Lipinski definition) is 5. The average molecular weight is 346 g/mol. The molecule has 1 aromatic carbocycles. The van der Waals surface area contributed by atoms with Crippen molar-refractivity contribution in [2.75, 3.05) is 5.75 Å². The van der Waals surface area contributed by atoms with Gasteiger partial charge >= 0.3 is 0 Å². The lowest BCUT2D eigenvalue weighted by Crippen LogP contribution is -2.46. The van der Waals surface area contributed by atoms with Crippen LogP contribution >= 0.6 is 12.6 Å². The SMILES string of the molecule is CCC(C)(C)c1ccc(S(=O)(=O)N[C@@H](CS)C(=O)NO)cc1. The van der Waals surface area contributed by atoms with Crippen molar-refractivity contribution in [2.24, 2.45) is 0 Å². The van der Waals surface area contributed by atoms with Crippen LogP contribution in [0.5, 0.6) is 0 Å². The fourth-order valence-corrected chi connectivity index (χ4v) is 3.37. The number of hydrogen-bond donors (Lipinski definition) is 4. The first-order chi connectivity index (χ1) is 10.2. The van der Waals surface area contributed by atoms with Crippen molar-refractivity contribution in [3.63, 3.8) is 0 Å². The van der Waals surface area contributed by atoms with E-state index >= 15 is 0 Å². The number of thiol groups is 1. The lowest BCUT2D eigenvalue weighted by atomic mass is 9.82. The van der Waals surface area contributed by atoms with Gasteiger partial charge in [0.2, 0.25) is 10.0 Å². The van der Waals surface area contributed by atoms with E-state index in [0.717, 1.165) is 12.0 Å². The molecule has 0 spiro atoms. The summed E-state index contributed by atoms with van der Waals surface area (Å²) < 4.78 is 26.7. The fourth-order valence-electron chi connectivity index (χ4n) is 1.80. The third-order valence-corrected chi connectivity index (χ3v) is 5.59. The van der Waals surface area contributed by atoms with Crippen LogP contribution in [0.15, 0.2) is 29.2 Å². The Kier molecular flexibility index (Phi) is 6.42. The molecule has 0 saturated heterocycles. The first-order valence-corrected chi connectivity index (χ1v) is 8.97. The predicted octanol–water partition coefficient (Wildman–Crippen LogP) is 1.46. The molecule has 22 heavy (non-hydrogen) atoms. The normalized spacial score (nSPS) is 13.7. The van der Waals surface area contributed by atoms with Gasteiger partial charge in [-0.1, -0.05) is 32.9 Å². The molecule has 0 fully saturated rings. The minimum Gasteiger partial charge on any atom is -0.289 e. The van der Waals surface area contributed by atoms with E-state index in [1.165, 1.54) is 17.6 Å². The molecule has 0 bridgehead atoms. The molecule has 0 unspecified atom stereocenters. The highest BCUT2D eigenvalue weighted by Crippen LogP contribution is 2.27. The number of benzene rings is 1. The van der Waals surface area contributed by atoms with Gasteiger partial charge in [-0.25, -0.2) is 13.9 Å². The molecule has 0 aliphatic heterocycles. The van der Waals surface area contributed by atoms with Crippen LogP contribution in [-0.4, -0.2) is 31.3 Å². The maximum Gasteiger partial charge on any atom is 0.262 e. The molecule has 1 aromatic rings. The predicted molar refractivity (Wildman–Crippen MR) is 87.7 cm³/mol. The number of carbonyl (C=O) groups excluding carboxylic acids is 1. The second-order valence-electron chi connectivity index (χ2n) is 5.59. The molecule has 0 radical (unpaired) electrons. The molecule has 1 rings (SSSR count). The van der Waals surface area contributed by atoms with Crippen LogP contribution in [0.3, 0.4) is 0 Å². The van der Waals surface area contributed by atoms with E-state index in [0.29, 0.717) is 0 Å². The van der Waals surface area contributed by atoms with Crippen LogP contribution in [0.4, 0.5) is 0 Å². The number of rotatable bonds is 7. The Bertz CT molecular complexity index is 612. The fraction of sp³-hybridized carbons (Fsp3) is 0.500. The van der Waals surface area contributed by atoms with Crippen LogP contribution < -0.4 is 10.2 Å². The van der Waals surface area contributed by atoms with Crippen molar-refractivity contribution in [1.82, 2.24) is 10.2 Å². The van der Waals surface area contributed by atoms with Gasteiger partial charge in [0, 0.05) is 5.75 Å². The van der Waals surface area contributed by atoms with Gasteiger partial charge in [0.05, 0.1) is 4.90 Å². The molecule has 1 atom stereocenters. The van der Waals surface area contributed by atoms with Gasteiger partial charge < -0.3 is 0 Å². The van der Waals surface area contributed by atoms with Crippen molar-refractivity contribution >= 4 is 28.6 Å². The Labute approximate surface area is 136 Å². The lowest BCUT2D eigenvalue weighted by Gasteiger charge is -2.23. The molecule has 0 saturated carbocycles. The van der Waals surface area contributed by atoms with Crippen LogP contribution in [0.2, 0.25) is 0 Å². The van der Waals surface area contributed by atoms with Crippen molar-refractivity contribution in [3.8, 4) is 0 Å². The third kappa shape index (κ3) is 4.45. The number of amides is 1. The van der Waals surface area contributed by atoms with Crippen LogP contribution in [0, 0.1) is 0 Å². The number of nitrogens with one attached hydrogen (secondary N) is 2. The van der Waals surface area contributed by atoms with Crippen molar-refractivity contribution in [1.29, 1.82) is 0 Å². The van der Waals surface area contributed by atoms with Gasteiger partial charge in [-0.2, -0.15) is 17.4 Å². The van der Waals surface area contributed by atoms with E-state index in [1.807, 2.05) is 0 Å². The quantitative estimate of drug-likeness (QED) is 0.341. The van der Waals surface area contributed by atoms with Gasteiger partial charge in [0.15, 0.2) is 0 Å². The summed E-state index contributed by atoms with van der Waals surface area (Å²) >= 11 is 3.90. The van der Waals surface area contributed by atoms with Gasteiger partial charge in [-0.3, -0.25) is 10.0 Å². The topological polar surface area (TPSA) is 95.5 Å². The van der Waals surface area contributed by atoms with Crippen LogP contribution in [-0.2, 0) is 20.2 Å². The molecular weight excluding hydrogens is 324 g/mol. The van der Waals surface area contributed by atoms with Gasteiger partial charge in [-0.05, 0) is 29.5 Å². The van der Waals surface area contributed by atoms with Crippen LogP contribution in [0.25, 0.3) is 0 Å². The van der Waals surface area contributed by atoms with E-state index < -0.39 is 22.0 Å². The zero-order chi connectivity index (χ0) is 17.0. The second kappa shape index (κ2) is 7.45. The van der Waals surface area contributed by atoms with E-state index in [-0.39, 0.29) is 16.1 Å². The molecule has 0 heterocycles. The highest BCUT2D eigenvalue weighted by molar-refractivity contribution is 7.89. The monoisotopic (exact) mass is 346 g/mol. The minimum atomic E-state index is -3.87. The number of sulfonamides is 1. The van der Waals surface area contributed by atoms with Gasteiger partial charge in [0.1, 0.15) is 6.04 Å². The Hall–Kier alpha value is -1.09. The number of carbonyl (C=O) groups is 1. The van der Waals surface area contributed by atoms with Gasteiger partial charge in [-0.15, -0.1) is 0 Å². The molecule has 0 aromatic heterocycles. The van der Waals surface area contributed by atoms with Gasteiger partial charge in [0.25, 0.3) is 5.91 Å². The molecule has 3 N–H and O–H groups in total. The maximum absolute atomic E-state index is 12.2. The summed E-state index contributed by atoms with van der Waals surface area (Å²) in [6.07, 6.45) is 0.926. The Morgan fingerprint density at radius 2 is 1.86 bits per heavy atom. The zero-order valence-electron chi connectivity index (χ0n) is 12.8. The molecule has 0 aliphatic carbocycles. The van der Waals surface area contributed by atoms with E-state index in [1.54, 1.807) is 12.1 Å². The summed E-state index contributed by atoms with van der Waals surface area (Å²) in [5, 5.41) is 8.59. The molecule has 6 nitrogen and oxygen atoms in total. The summed E-state index contributed by atoms with van der Waals surface area (Å²) in [6, 6.07) is 5.38. The molecule has 1 amide bonds. The molecule has 0 aliphatic rings. The Morgan fingerprint density at radius 1 is 1.32 bits per heavy atom. The van der Waals surface area contributed by atoms with Crippen LogP contribution in [0.1, 0.15) is 32.8 Å². The second-order valence-corrected chi connectivity index (χ2v) is 7.67. The number of hydroxylamine groups is 1. The summed E-state index contributed by atoms with van der Waals surface area (Å²) in [4.78, 5) is 11.4. The summed E-state index contributed by atoms with van der Waals surface area (Å²) in [7, 11) is -3.87. The van der Waals surface area contributed by atoms with E-state index in [9.17, 15) is 13.2 Å². The maximum atomic E-state index is 12.2. The molecule has 124 valence electrons. The highest BCUT2D eigenvalue weighted by atomic mass is 32.2. The summed E-state index contributed by atoms with van der Waals surface area (Å²) in [5.41, 5.74) is 2.41. The van der Waals surface area contributed by atoms with Crippen molar-refractivity contribution in [3.05, 3.63) is 29.8 Å². The first kappa shape index (κ1) is 19.0. The Morgan fingerprint density at radius 3 is 2.27 bits per heavy atom. The zero-order valence-corrected chi connectivity index (χ0v) is 14.5. The summed E-state index contributed by atoms with van der Waals surface area (Å²) in [6.45, 7) is 6.23. The van der Waals surface area contributed by atoms with Crippen molar-refractivity contribution in [2.45, 2.75) is 43.5 Å². The third-order valence-electron chi connectivity index (χ3n) is 3.74. The molecule has 8 heteroatoms. The Balaban J connectivity index is 3.01. The highest BCUT2D eigenvalue weighted by Gasteiger charge is 2.25. The first-order valence-electron chi connectivity index (χ1n) is 6.85. The van der Waals surface area contributed by atoms with Crippen molar-refractivity contribution < 1.29 is 18.4 Å². The molecular formula is C14H22N2O4S2.